The van der Waals surface area contributed by atoms with Crippen LogP contribution in [0.15, 0.2) is 28.8 Å². The Morgan fingerprint density at radius 1 is 1.46 bits per heavy atom. The number of methoxy groups -OCH3 is 1. The summed E-state index contributed by atoms with van der Waals surface area (Å²) in [4.78, 5) is 18.9. The largest absolute Gasteiger partial charge is 0.377 e. The monoisotopic (exact) mass is 378 g/mol. The standard InChI is InChI=1S/C18H23ClN4O3/c1-25-12-16-21-17(26-22-16)11-23-8-4-5-13(10-23)9-20-18(24)14-6-2-3-7-15(14)19/h2-3,6-7,13H,4-5,8-12H2,1H3,(H,20,24). The Hall–Kier alpha value is -1.96. The van der Waals surface area contributed by atoms with E-state index in [1.54, 1.807) is 19.2 Å². The van der Waals surface area contributed by atoms with Gasteiger partial charge in [0, 0.05) is 20.2 Å². The van der Waals surface area contributed by atoms with Gasteiger partial charge in [0.2, 0.25) is 5.89 Å². The smallest absolute Gasteiger partial charge is 0.252 e. The minimum atomic E-state index is -0.131. The lowest BCUT2D eigenvalue weighted by Crippen LogP contribution is -2.40. The van der Waals surface area contributed by atoms with Gasteiger partial charge in [-0.25, -0.2) is 0 Å². The number of halogens is 1. The third-order valence-electron chi connectivity index (χ3n) is 4.42. The zero-order valence-electron chi connectivity index (χ0n) is 14.8. The van der Waals surface area contributed by atoms with Gasteiger partial charge in [-0.05, 0) is 37.4 Å². The molecule has 1 aromatic heterocycles. The van der Waals surface area contributed by atoms with Gasteiger partial charge in [0.05, 0.1) is 17.1 Å². The van der Waals surface area contributed by atoms with Crippen LogP contribution in [-0.4, -0.2) is 47.7 Å². The maximum atomic E-state index is 12.3. The highest BCUT2D eigenvalue weighted by Crippen LogP contribution is 2.19. The van der Waals surface area contributed by atoms with Crippen molar-refractivity contribution in [1.82, 2.24) is 20.4 Å². The molecule has 1 aliphatic heterocycles. The van der Waals surface area contributed by atoms with Gasteiger partial charge in [0.15, 0.2) is 5.82 Å². The van der Waals surface area contributed by atoms with E-state index in [9.17, 15) is 4.79 Å². The SMILES string of the molecule is COCc1noc(CN2CCCC(CNC(=O)c3ccccc3Cl)C2)n1. The topological polar surface area (TPSA) is 80.5 Å². The first-order chi connectivity index (χ1) is 12.7. The summed E-state index contributed by atoms with van der Waals surface area (Å²) in [6.07, 6.45) is 2.16. The Bertz CT molecular complexity index is 737. The van der Waals surface area contributed by atoms with Crippen molar-refractivity contribution in [3.05, 3.63) is 46.6 Å². The Morgan fingerprint density at radius 2 is 2.31 bits per heavy atom. The Balaban J connectivity index is 1.48. The molecular weight excluding hydrogens is 356 g/mol. The van der Waals surface area contributed by atoms with E-state index in [1.165, 1.54) is 0 Å². The predicted molar refractivity (Wildman–Crippen MR) is 96.8 cm³/mol. The number of hydrogen-bond acceptors (Lipinski definition) is 6. The summed E-state index contributed by atoms with van der Waals surface area (Å²) < 4.78 is 10.3. The Labute approximate surface area is 157 Å². The second kappa shape index (κ2) is 9.12. The van der Waals surface area contributed by atoms with Gasteiger partial charge >= 0.3 is 0 Å². The molecule has 0 spiro atoms. The van der Waals surface area contributed by atoms with Gasteiger partial charge in [-0.3, -0.25) is 9.69 Å². The third kappa shape index (κ3) is 5.03. The van der Waals surface area contributed by atoms with Crippen molar-refractivity contribution in [2.75, 3.05) is 26.7 Å². The summed E-state index contributed by atoms with van der Waals surface area (Å²) in [7, 11) is 1.60. The minimum absolute atomic E-state index is 0.131. The lowest BCUT2D eigenvalue weighted by atomic mass is 9.98. The molecule has 1 atom stereocenters. The molecule has 1 amide bonds. The van der Waals surface area contributed by atoms with Crippen molar-refractivity contribution in [3.63, 3.8) is 0 Å². The fraction of sp³-hybridized carbons (Fsp3) is 0.500. The molecule has 140 valence electrons. The van der Waals surface area contributed by atoms with Crippen molar-refractivity contribution in [1.29, 1.82) is 0 Å². The minimum Gasteiger partial charge on any atom is -0.377 e. The van der Waals surface area contributed by atoms with E-state index in [4.69, 9.17) is 20.9 Å². The van der Waals surface area contributed by atoms with Gasteiger partial charge in [-0.15, -0.1) is 0 Å². The predicted octanol–water partition coefficient (Wildman–Crippen LogP) is 2.51. The molecule has 0 bridgehead atoms. The molecule has 2 heterocycles. The number of carbonyl (C=O) groups excluding carboxylic acids is 1. The van der Waals surface area contributed by atoms with E-state index in [2.05, 4.69) is 20.4 Å². The van der Waals surface area contributed by atoms with Crippen LogP contribution in [0.2, 0.25) is 5.02 Å². The molecule has 0 radical (unpaired) electrons. The van der Waals surface area contributed by atoms with Crippen LogP contribution in [0.3, 0.4) is 0 Å². The van der Waals surface area contributed by atoms with Crippen LogP contribution < -0.4 is 5.32 Å². The van der Waals surface area contributed by atoms with Crippen LogP contribution in [0.4, 0.5) is 0 Å². The number of ether oxygens (including phenoxy) is 1. The molecule has 1 saturated heterocycles. The number of benzene rings is 1. The first-order valence-corrected chi connectivity index (χ1v) is 9.09. The summed E-state index contributed by atoms with van der Waals surface area (Å²) in [6, 6.07) is 7.08. The molecule has 8 heteroatoms. The van der Waals surface area contributed by atoms with Crippen molar-refractivity contribution in [2.24, 2.45) is 5.92 Å². The maximum absolute atomic E-state index is 12.3. The molecule has 2 aromatic rings. The summed E-state index contributed by atoms with van der Waals surface area (Å²) in [5.74, 6) is 1.41. The zero-order chi connectivity index (χ0) is 18.4. The van der Waals surface area contributed by atoms with E-state index in [1.807, 2.05) is 12.1 Å². The molecule has 1 aromatic carbocycles. The van der Waals surface area contributed by atoms with E-state index >= 15 is 0 Å². The molecular formula is C18H23ClN4O3. The molecule has 7 nitrogen and oxygen atoms in total. The maximum Gasteiger partial charge on any atom is 0.252 e. The fourth-order valence-electron chi connectivity index (χ4n) is 3.17. The van der Waals surface area contributed by atoms with Gasteiger partial charge in [-0.2, -0.15) is 4.98 Å². The highest BCUT2D eigenvalue weighted by atomic mass is 35.5. The summed E-state index contributed by atoms with van der Waals surface area (Å²) >= 11 is 6.08. The van der Waals surface area contributed by atoms with E-state index in [0.29, 0.717) is 47.9 Å². The molecule has 1 unspecified atom stereocenters. The molecule has 1 aliphatic rings. The zero-order valence-corrected chi connectivity index (χ0v) is 15.5. The molecule has 0 saturated carbocycles. The summed E-state index contributed by atoms with van der Waals surface area (Å²) in [5.41, 5.74) is 0.512. The van der Waals surface area contributed by atoms with E-state index < -0.39 is 0 Å². The van der Waals surface area contributed by atoms with Crippen molar-refractivity contribution in [2.45, 2.75) is 26.0 Å². The number of carbonyl (C=O) groups is 1. The Morgan fingerprint density at radius 3 is 3.12 bits per heavy atom. The second-order valence-corrected chi connectivity index (χ2v) is 6.88. The number of rotatable bonds is 7. The van der Waals surface area contributed by atoms with Crippen LogP contribution >= 0.6 is 11.6 Å². The first kappa shape index (κ1) is 18.8. The lowest BCUT2D eigenvalue weighted by molar-refractivity contribution is 0.0926. The highest BCUT2D eigenvalue weighted by molar-refractivity contribution is 6.33. The van der Waals surface area contributed by atoms with Crippen LogP contribution in [0.25, 0.3) is 0 Å². The number of likely N-dealkylation sites (tertiary alicyclic amines) is 1. The number of piperidine rings is 1. The molecule has 1 fully saturated rings. The average Bonchev–Trinajstić information content (AvgIpc) is 3.08. The second-order valence-electron chi connectivity index (χ2n) is 6.47. The average molecular weight is 379 g/mol. The summed E-state index contributed by atoms with van der Waals surface area (Å²) in [6.45, 7) is 3.45. The number of amides is 1. The summed E-state index contributed by atoms with van der Waals surface area (Å²) in [5, 5.41) is 7.35. The normalized spacial score (nSPS) is 18.0. The lowest BCUT2D eigenvalue weighted by Gasteiger charge is -2.31. The number of nitrogens with one attached hydrogen (secondary N) is 1. The Kier molecular flexibility index (Phi) is 6.60. The molecule has 1 N–H and O–H groups in total. The van der Waals surface area contributed by atoms with Gasteiger partial charge in [0.25, 0.3) is 5.91 Å². The molecule has 0 aliphatic carbocycles. The van der Waals surface area contributed by atoms with Gasteiger partial charge in [-0.1, -0.05) is 28.9 Å². The first-order valence-electron chi connectivity index (χ1n) is 8.71. The number of aromatic nitrogens is 2. The fourth-order valence-corrected chi connectivity index (χ4v) is 3.39. The van der Waals surface area contributed by atoms with E-state index in [0.717, 1.165) is 25.9 Å². The van der Waals surface area contributed by atoms with Crippen molar-refractivity contribution in [3.8, 4) is 0 Å². The van der Waals surface area contributed by atoms with Crippen molar-refractivity contribution >= 4 is 17.5 Å². The van der Waals surface area contributed by atoms with Crippen LogP contribution in [0.1, 0.15) is 34.9 Å². The van der Waals surface area contributed by atoms with Crippen LogP contribution in [-0.2, 0) is 17.9 Å². The van der Waals surface area contributed by atoms with Crippen molar-refractivity contribution < 1.29 is 14.1 Å². The molecule has 26 heavy (non-hydrogen) atoms. The van der Waals surface area contributed by atoms with Gasteiger partial charge < -0.3 is 14.6 Å². The molecule has 3 rings (SSSR count). The highest BCUT2D eigenvalue weighted by Gasteiger charge is 2.22. The van der Waals surface area contributed by atoms with E-state index in [-0.39, 0.29) is 5.91 Å². The third-order valence-corrected chi connectivity index (χ3v) is 4.74. The van der Waals surface area contributed by atoms with Gasteiger partial charge in [0.1, 0.15) is 6.61 Å². The quantitative estimate of drug-likeness (QED) is 0.797. The number of nitrogens with zero attached hydrogens (tertiary/aromatic N) is 3. The number of hydrogen-bond donors (Lipinski definition) is 1. The van der Waals surface area contributed by atoms with Crippen LogP contribution in [0, 0.1) is 5.92 Å². The van der Waals surface area contributed by atoms with Crippen LogP contribution in [0.5, 0.6) is 0 Å².